The SMILES string of the molecule is Cc1cc(Oc2ccc(C=O)cc2C#N)ccc1Cl. The maximum absolute atomic E-state index is 10.7. The van der Waals surface area contributed by atoms with Gasteiger partial charge in [-0.15, -0.1) is 0 Å². The van der Waals surface area contributed by atoms with Gasteiger partial charge in [-0.25, -0.2) is 0 Å². The van der Waals surface area contributed by atoms with E-state index in [0.717, 1.165) is 5.56 Å². The fourth-order valence-electron chi connectivity index (χ4n) is 1.60. The monoisotopic (exact) mass is 271 g/mol. The quantitative estimate of drug-likeness (QED) is 0.789. The van der Waals surface area contributed by atoms with Gasteiger partial charge in [0.2, 0.25) is 0 Å². The number of benzene rings is 2. The van der Waals surface area contributed by atoms with E-state index in [9.17, 15) is 4.79 Å². The van der Waals surface area contributed by atoms with E-state index in [2.05, 4.69) is 0 Å². The number of hydrogen-bond donors (Lipinski definition) is 0. The molecule has 0 saturated carbocycles. The summed E-state index contributed by atoms with van der Waals surface area (Å²) in [5.41, 5.74) is 1.65. The topological polar surface area (TPSA) is 50.1 Å². The zero-order valence-corrected chi connectivity index (χ0v) is 10.9. The van der Waals surface area contributed by atoms with Crippen LogP contribution in [0.4, 0.5) is 0 Å². The normalized spacial score (nSPS) is 9.74. The van der Waals surface area contributed by atoms with Crippen LogP contribution in [0.3, 0.4) is 0 Å². The van der Waals surface area contributed by atoms with E-state index >= 15 is 0 Å². The first-order valence-corrected chi connectivity index (χ1v) is 5.95. The van der Waals surface area contributed by atoms with Crippen LogP contribution in [-0.2, 0) is 0 Å². The standard InChI is InChI=1S/C15H10ClNO2/c1-10-6-13(3-4-14(10)16)19-15-5-2-11(9-18)7-12(15)8-17/h2-7,9H,1H3. The minimum absolute atomic E-state index is 0.317. The lowest BCUT2D eigenvalue weighted by Crippen LogP contribution is -1.91. The molecular weight excluding hydrogens is 262 g/mol. The molecule has 0 spiro atoms. The van der Waals surface area contributed by atoms with Crippen LogP contribution in [0, 0.1) is 18.3 Å². The van der Waals surface area contributed by atoms with E-state index in [1.807, 2.05) is 13.0 Å². The molecule has 2 rings (SSSR count). The van der Waals surface area contributed by atoms with E-state index in [4.69, 9.17) is 21.6 Å². The number of carbonyl (C=O) groups is 1. The van der Waals surface area contributed by atoms with Gasteiger partial charge in [-0.2, -0.15) is 5.26 Å². The van der Waals surface area contributed by atoms with Gasteiger partial charge >= 0.3 is 0 Å². The Bertz CT molecular complexity index is 674. The Morgan fingerprint density at radius 3 is 2.68 bits per heavy atom. The second kappa shape index (κ2) is 5.55. The molecule has 0 heterocycles. The number of halogens is 1. The summed E-state index contributed by atoms with van der Waals surface area (Å²) in [7, 11) is 0. The number of ether oxygens (including phenoxy) is 1. The van der Waals surface area contributed by atoms with Crippen molar-refractivity contribution in [2.75, 3.05) is 0 Å². The lowest BCUT2D eigenvalue weighted by atomic mass is 10.1. The maximum atomic E-state index is 10.7. The number of hydrogen-bond acceptors (Lipinski definition) is 3. The first kappa shape index (κ1) is 13.1. The zero-order chi connectivity index (χ0) is 13.8. The molecule has 0 aliphatic heterocycles. The number of aldehydes is 1. The Morgan fingerprint density at radius 2 is 2.05 bits per heavy atom. The predicted molar refractivity (Wildman–Crippen MR) is 72.8 cm³/mol. The molecule has 0 N–H and O–H groups in total. The molecule has 0 unspecified atom stereocenters. The second-order valence-corrected chi connectivity index (χ2v) is 4.41. The molecule has 0 bridgehead atoms. The highest BCUT2D eigenvalue weighted by Crippen LogP contribution is 2.28. The molecule has 0 fully saturated rings. The molecule has 3 nitrogen and oxygen atoms in total. The van der Waals surface area contributed by atoms with E-state index in [-0.39, 0.29) is 0 Å². The van der Waals surface area contributed by atoms with E-state index in [0.29, 0.717) is 33.9 Å². The lowest BCUT2D eigenvalue weighted by Gasteiger charge is -2.09. The van der Waals surface area contributed by atoms with Crippen molar-refractivity contribution in [2.24, 2.45) is 0 Å². The molecule has 4 heteroatoms. The van der Waals surface area contributed by atoms with Crippen molar-refractivity contribution in [1.82, 2.24) is 0 Å². The minimum atomic E-state index is 0.317. The molecule has 0 atom stereocenters. The molecule has 0 radical (unpaired) electrons. The highest BCUT2D eigenvalue weighted by Gasteiger charge is 2.07. The van der Waals surface area contributed by atoms with Gasteiger partial charge in [0.25, 0.3) is 0 Å². The molecule has 0 aromatic heterocycles. The Morgan fingerprint density at radius 1 is 1.26 bits per heavy atom. The van der Waals surface area contributed by atoms with Crippen LogP contribution in [0.15, 0.2) is 36.4 Å². The molecule has 2 aromatic rings. The highest BCUT2D eigenvalue weighted by molar-refractivity contribution is 6.31. The van der Waals surface area contributed by atoms with Crippen molar-refractivity contribution in [1.29, 1.82) is 5.26 Å². The molecular formula is C15H10ClNO2. The summed E-state index contributed by atoms with van der Waals surface area (Å²) in [5.74, 6) is 1.01. The summed E-state index contributed by atoms with van der Waals surface area (Å²) in [5, 5.41) is 9.70. The first-order chi connectivity index (χ1) is 9.13. The van der Waals surface area contributed by atoms with Crippen LogP contribution >= 0.6 is 11.6 Å². The molecule has 0 aliphatic carbocycles. The third-order valence-corrected chi connectivity index (χ3v) is 3.04. The van der Waals surface area contributed by atoms with Gasteiger partial charge in [0.1, 0.15) is 23.9 Å². The van der Waals surface area contributed by atoms with Gasteiger partial charge in [0.05, 0.1) is 5.56 Å². The number of rotatable bonds is 3. The molecule has 19 heavy (non-hydrogen) atoms. The van der Waals surface area contributed by atoms with Crippen LogP contribution in [-0.4, -0.2) is 6.29 Å². The predicted octanol–water partition coefficient (Wildman–Crippen LogP) is 4.12. The summed E-state index contributed by atoms with van der Waals surface area (Å²) in [6.07, 6.45) is 0.692. The zero-order valence-electron chi connectivity index (χ0n) is 10.2. The number of nitriles is 1. The van der Waals surface area contributed by atoms with Crippen LogP contribution in [0.25, 0.3) is 0 Å². The van der Waals surface area contributed by atoms with Crippen LogP contribution in [0.5, 0.6) is 11.5 Å². The lowest BCUT2D eigenvalue weighted by molar-refractivity contribution is 0.112. The average Bonchev–Trinajstić information content (AvgIpc) is 2.43. The summed E-state index contributed by atoms with van der Waals surface area (Å²) in [4.78, 5) is 10.7. The smallest absolute Gasteiger partial charge is 0.150 e. The fourth-order valence-corrected chi connectivity index (χ4v) is 1.72. The molecule has 0 saturated heterocycles. The van der Waals surface area contributed by atoms with Gasteiger partial charge in [0, 0.05) is 10.6 Å². The largest absolute Gasteiger partial charge is 0.456 e. The van der Waals surface area contributed by atoms with E-state index < -0.39 is 0 Å². The van der Waals surface area contributed by atoms with Gasteiger partial charge in [0.15, 0.2) is 0 Å². The summed E-state index contributed by atoms with van der Waals surface area (Å²) < 4.78 is 5.64. The second-order valence-electron chi connectivity index (χ2n) is 4.00. The summed E-state index contributed by atoms with van der Waals surface area (Å²) >= 11 is 5.94. The van der Waals surface area contributed by atoms with Gasteiger partial charge in [-0.1, -0.05) is 11.6 Å². The molecule has 94 valence electrons. The Hall–Kier alpha value is -2.31. The van der Waals surface area contributed by atoms with Crippen LogP contribution < -0.4 is 4.74 Å². The van der Waals surface area contributed by atoms with Crippen molar-refractivity contribution in [3.8, 4) is 17.6 Å². The van der Waals surface area contributed by atoms with Crippen molar-refractivity contribution < 1.29 is 9.53 Å². The molecule has 0 aliphatic rings. The Kier molecular flexibility index (Phi) is 3.84. The van der Waals surface area contributed by atoms with Crippen LogP contribution in [0.2, 0.25) is 5.02 Å². The first-order valence-electron chi connectivity index (χ1n) is 5.57. The van der Waals surface area contributed by atoms with E-state index in [1.54, 1.807) is 30.3 Å². The van der Waals surface area contributed by atoms with Crippen LogP contribution in [0.1, 0.15) is 21.5 Å². The number of carbonyl (C=O) groups excluding carboxylic acids is 1. The van der Waals surface area contributed by atoms with Crippen molar-refractivity contribution in [3.05, 3.63) is 58.1 Å². The number of aryl methyl sites for hydroxylation is 1. The average molecular weight is 272 g/mol. The fraction of sp³-hybridized carbons (Fsp3) is 0.0667. The summed E-state index contributed by atoms with van der Waals surface area (Å²) in [6.45, 7) is 1.87. The third-order valence-electron chi connectivity index (χ3n) is 2.62. The minimum Gasteiger partial charge on any atom is -0.456 e. The third kappa shape index (κ3) is 2.93. The molecule has 2 aromatic carbocycles. The Balaban J connectivity index is 2.35. The number of nitrogens with zero attached hydrogens (tertiary/aromatic N) is 1. The van der Waals surface area contributed by atoms with Crippen molar-refractivity contribution in [2.45, 2.75) is 6.92 Å². The highest BCUT2D eigenvalue weighted by atomic mass is 35.5. The van der Waals surface area contributed by atoms with Crippen molar-refractivity contribution in [3.63, 3.8) is 0 Å². The Labute approximate surface area is 116 Å². The van der Waals surface area contributed by atoms with E-state index in [1.165, 1.54) is 6.07 Å². The van der Waals surface area contributed by atoms with Gasteiger partial charge in [-0.3, -0.25) is 4.79 Å². The van der Waals surface area contributed by atoms with Gasteiger partial charge < -0.3 is 4.74 Å². The summed E-state index contributed by atoms with van der Waals surface area (Å²) in [6, 6.07) is 12.0. The van der Waals surface area contributed by atoms with Crippen molar-refractivity contribution >= 4 is 17.9 Å². The molecule has 0 amide bonds. The van der Waals surface area contributed by atoms with Gasteiger partial charge in [-0.05, 0) is 48.9 Å². The maximum Gasteiger partial charge on any atom is 0.150 e.